The fourth-order valence-electron chi connectivity index (χ4n) is 3.80. The minimum Gasteiger partial charge on any atom is -0.532 e. The van der Waals surface area contributed by atoms with Gasteiger partial charge in [-0.05, 0) is 42.6 Å². The second-order valence-electron chi connectivity index (χ2n) is 7.29. The minimum atomic E-state index is -0.964. The van der Waals surface area contributed by atoms with Crippen molar-refractivity contribution < 1.29 is 19.2 Å². The average Bonchev–Trinajstić information content (AvgIpc) is 3.17. The minimum absolute atomic E-state index is 0.230. The van der Waals surface area contributed by atoms with Crippen molar-refractivity contribution in [3.8, 4) is 11.8 Å². The van der Waals surface area contributed by atoms with Gasteiger partial charge in [0, 0.05) is 24.1 Å². The second kappa shape index (κ2) is 8.22. The third kappa shape index (κ3) is 3.77. The molecule has 1 fully saturated rings. The molecule has 4 rings (SSSR count). The molecular weight excluding hydrogens is 385 g/mol. The lowest BCUT2D eigenvalue weighted by Gasteiger charge is -2.27. The van der Waals surface area contributed by atoms with Gasteiger partial charge < -0.3 is 25.5 Å². The summed E-state index contributed by atoms with van der Waals surface area (Å²) in [5, 5.41) is 26.9. The van der Waals surface area contributed by atoms with Crippen molar-refractivity contribution in [3.05, 3.63) is 41.5 Å². The molecule has 1 unspecified atom stereocenters. The number of nitrogens with two attached hydrogens (primary N) is 1. The SMILES string of the molecule is CCC1=CB(O)Oc2ccc(Nc3nn(C4COCC[C@@H]4C#N)cc3C(N)=O)cc21. The summed E-state index contributed by atoms with van der Waals surface area (Å²) < 4.78 is 12.5. The van der Waals surface area contributed by atoms with Crippen molar-refractivity contribution in [2.75, 3.05) is 18.5 Å². The second-order valence-corrected chi connectivity index (χ2v) is 7.29. The number of aromatic nitrogens is 2. The Morgan fingerprint density at radius 2 is 2.37 bits per heavy atom. The maximum atomic E-state index is 12.0. The molecule has 30 heavy (non-hydrogen) atoms. The van der Waals surface area contributed by atoms with Crippen LogP contribution >= 0.6 is 0 Å². The lowest BCUT2D eigenvalue weighted by Crippen LogP contribution is -2.29. The molecule has 4 N–H and O–H groups in total. The number of nitrogens with zero attached hydrogens (tertiary/aromatic N) is 3. The normalized spacial score (nSPS) is 20.6. The molecule has 1 amide bonds. The first-order valence-corrected chi connectivity index (χ1v) is 9.83. The Kier molecular flexibility index (Phi) is 5.48. The first-order valence-electron chi connectivity index (χ1n) is 9.83. The van der Waals surface area contributed by atoms with E-state index in [1.807, 2.05) is 13.0 Å². The number of fused-ring (bicyclic) bond motifs is 1. The van der Waals surface area contributed by atoms with E-state index in [1.54, 1.807) is 29.0 Å². The van der Waals surface area contributed by atoms with Gasteiger partial charge in [-0.2, -0.15) is 10.4 Å². The van der Waals surface area contributed by atoms with E-state index in [2.05, 4.69) is 16.5 Å². The third-order valence-corrected chi connectivity index (χ3v) is 5.39. The average molecular weight is 407 g/mol. The molecule has 0 radical (unpaired) electrons. The van der Waals surface area contributed by atoms with E-state index >= 15 is 0 Å². The van der Waals surface area contributed by atoms with Crippen LogP contribution in [-0.2, 0) is 4.74 Å². The van der Waals surface area contributed by atoms with Gasteiger partial charge in [0.2, 0.25) is 0 Å². The predicted octanol–water partition coefficient (Wildman–Crippen LogP) is 2.03. The highest BCUT2D eigenvalue weighted by Gasteiger charge is 2.30. The Bertz CT molecular complexity index is 1040. The van der Waals surface area contributed by atoms with Gasteiger partial charge in [-0.3, -0.25) is 9.48 Å². The highest BCUT2D eigenvalue weighted by molar-refractivity contribution is 6.52. The largest absolute Gasteiger partial charge is 0.552 e. The van der Waals surface area contributed by atoms with E-state index in [0.29, 0.717) is 36.9 Å². The smallest absolute Gasteiger partial charge is 0.532 e. The first kappa shape index (κ1) is 20.0. The summed E-state index contributed by atoms with van der Waals surface area (Å²) >= 11 is 0. The summed E-state index contributed by atoms with van der Waals surface area (Å²) in [7, 11) is -0.964. The quantitative estimate of drug-likeness (QED) is 0.646. The molecule has 2 aromatic rings. The van der Waals surface area contributed by atoms with E-state index in [1.165, 1.54) is 0 Å². The van der Waals surface area contributed by atoms with Gasteiger partial charge in [-0.15, -0.1) is 0 Å². The van der Waals surface area contributed by atoms with Crippen LogP contribution in [0.2, 0.25) is 0 Å². The molecule has 154 valence electrons. The fourth-order valence-corrected chi connectivity index (χ4v) is 3.80. The maximum Gasteiger partial charge on any atom is 0.552 e. The number of allylic oxidation sites excluding steroid dienone is 1. The lowest BCUT2D eigenvalue weighted by atomic mass is 9.81. The van der Waals surface area contributed by atoms with Gasteiger partial charge in [-0.1, -0.05) is 6.92 Å². The molecule has 1 aromatic heterocycles. The molecule has 3 heterocycles. The lowest BCUT2D eigenvalue weighted by molar-refractivity contribution is 0.0342. The summed E-state index contributed by atoms with van der Waals surface area (Å²) in [6.07, 6.45) is 2.90. The first-order chi connectivity index (χ1) is 14.5. The van der Waals surface area contributed by atoms with E-state index < -0.39 is 13.0 Å². The fraction of sp³-hybridized carbons (Fsp3) is 0.350. The van der Waals surface area contributed by atoms with Crippen LogP contribution in [0.25, 0.3) is 5.57 Å². The highest BCUT2D eigenvalue weighted by atomic mass is 16.5. The van der Waals surface area contributed by atoms with E-state index in [4.69, 9.17) is 15.1 Å². The number of carbonyl (C=O) groups excluding carboxylic acids is 1. The van der Waals surface area contributed by atoms with Crippen LogP contribution in [0.15, 0.2) is 30.4 Å². The molecule has 1 saturated heterocycles. The number of rotatable bonds is 5. The van der Waals surface area contributed by atoms with Crippen molar-refractivity contribution in [1.82, 2.24) is 9.78 Å². The molecule has 0 bridgehead atoms. The number of ether oxygens (including phenoxy) is 1. The standard InChI is InChI=1S/C20H22BN5O4/c1-2-12-8-21(28)30-18-4-3-14(7-15(12)18)24-20-16(19(23)27)10-26(25-20)17-11-29-6-5-13(17)9-22/h3-4,7-8,10,13,17,28H,2,5-6,11H2,1H3,(H2,23,27)(H,24,25)/t13-,17?/m1/s1. The highest BCUT2D eigenvalue weighted by Crippen LogP contribution is 2.35. The van der Waals surface area contributed by atoms with E-state index in [9.17, 15) is 15.1 Å². The van der Waals surface area contributed by atoms with Gasteiger partial charge in [0.25, 0.3) is 5.91 Å². The van der Waals surface area contributed by atoms with Gasteiger partial charge >= 0.3 is 7.12 Å². The van der Waals surface area contributed by atoms with Gasteiger partial charge in [0.1, 0.15) is 11.3 Å². The van der Waals surface area contributed by atoms with Crippen LogP contribution < -0.4 is 15.7 Å². The molecule has 1 aromatic carbocycles. The van der Waals surface area contributed by atoms with Crippen molar-refractivity contribution in [2.24, 2.45) is 11.7 Å². The Labute approximate surface area is 174 Å². The van der Waals surface area contributed by atoms with Gasteiger partial charge in [0.05, 0.1) is 24.6 Å². The van der Waals surface area contributed by atoms with Gasteiger partial charge in [0.15, 0.2) is 5.82 Å². The number of nitrogens with one attached hydrogen (secondary N) is 1. The number of anilines is 2. The maximum absolute atomic E-state index is 12.0. The molecule has 10 heteroatoms. The summed E-state index contributed by atoms with van der Waals surface area (Å²) in [5.74, 6) is 1.69. The molecule has 0 saturated carbocycles. The molecular formula is C20H22BN5O4. The Balaban J connectivity index is 1.66. The molecule has 0 aliphatic carbocycles. The zero-order valence-corrected chi connectivity index (χ0v) is 16.5. The predicted molar refractivity (Wildman–Crippen MR) is 111 cm³/mol. The zero-order chi connectivity index (χ0) is 21.3. The Morgan fingerprint density at radius 1 is 1.53 bits per heavy atom. The molecule has 9 nitrogen and oxygen atoms in total. The van der Waals surface area contributed by atoms with Crippen LogP contribution in [0, 0.1) is 17.2 Å². The number of amides is 1. The molecule has 2 aliphatic rings. The Hall–Kier alpha value is -3.29. The van der Waals surface area contributed by atoms with Crippen LogP contribution in [0.1, 0.15) is 41.7 Å². The van der Waals surface area contributed by atoms with Crippen LogP contribution in [0.3, 0.4) is 0 Å². The third-order valence-electron chi connectivity index (χ3n) is 5.39. The number of primary amides is 1. The topological polar surface area (TPSA) is 135 Å². The van der Waals surface area contributed by atoms with E-state index in [0.717, 1.165) is 17.6 Å². The summed E-state index contributed by atoms with van der Waals surface area (Å²) in [6, 6.07) is 7.41. The summed E-state index contributed by atoms with van der Waals surface area (Å²) in [4.78, 5) is 12.0. The van der Waals surface area contributed by atoms with Crippen molar-refractivity contribution in [2.45, 2.75) is 25.8 Å². The number of hydrogen-bond acceptors (Lipinski definition) is 7. The van der Waals surface area contributed by atoms with Crippen LogP contribution in [0.4, 0.5) is 11.5 Å². The van der Waals surface area contributed by atoms with Gasteiger partial charge in [-0.25, -0.2) is 0 Å². The van der Waals surface area contributed by atoms with Crippen LogP contribution in [-0.4, -0.2) is 41.0 Å². The molecule has 2 atom stereocenters. The van der Waals surface area contributed by atoms with Crippen molar-refractivity contribution >= 4 is 30.1 Å². The number of benzene rings is 1. The van der Waals surface area contributed by atoms with Crippen molar-refractivity contribution in [1.29, 1.82) is 5.26 Å². The summed E-state index contributed by atoms with van der Waals surface area (Å²) in [5.41, 5.74) is 8.31. The summed E-state index contributed by atoms with van der Waals surface area (Å²) in [6.45, 7) is 2.88. The number of nitriles is 1. The number of carbonyl (C=O) groups is 1. The number of hydrogen-bond donors (Lipinski definition) is 3. The zero-order valence-electron chi connectivity index (χ0n) is 16.5. The monoisotopic (exact) mass is 407 g/mol. The van der Waals surface area contributed by atoms with Crippen molar-refractivity contribution in [3.63, 3.8) is 0 Å². The Morgan fingerprint density at radius 3 is 3.10 bits per heavy atom. The molecule has 2 aliphatic heterocycles. The van der Waals surface area contributed by atoms with E-state index in [-0.39, 0.29) is 17.5 Å². The van der Waals surface area contributed by atoms with Crippen LogP contribution in [0.5, 0.6) is 5.75 Å². The molecule has 0 spiro atoms.